The smallest absolute Gasteiger partial charge is 0.166 e. The summed E-state index contributed by atoms with van der Waals surface area (Å²) in [6.07, 6.45) is 7.39. The van der Waals surface area contributed by atoms with Crippen molar-refractivity contribution < 1.29 is 38.1 Å². The lowest BCUT2D eigenvalue weighted by atomic mass is 9.82. The Morgan fingerprint density at radius 2 is 0.883 bits per heavy atom. The van der Waals surface area contributed by atoms with Crippen LogP contribution in [0.25, 0.3) is 23.3 Å². The largest absolute Gasteiger partial charge is 0.373 e. The number of allylic oxidation sites excluding steroid dienone is 2. The maximum Gasteiger partial charge on any atom is 0.166 e. The lowest BCUT2D eigenvalue weighted by Gasteiger charge is -2.28. The molecule has 308 valence electrons. The summed E-state index contributed by atoms with van der Waals surface area (Å²) in [5, 5.41) is 0. The molecule has 4 aromatic rings. The number of ketones is 4. The number of rotatable bonds is 21. The Bertz CT molecular complexity index is 2190. The first-order valence-electron chi connectivity index (χ1n) is 21.4. The third-order valence-corrected chi connectivity index (χ3v) is 12.3. The summed E-state index contributed by atoms with van der Waals surface area (Å²) in [5.74, 6) is -0.632. The molecule has 9 heteroatoms. The quantitative estimate of drug-likeness (QED) is 0.0351. The van der Waals surface area contributed by atoms with Crippen molar-refractivity contribution in [2.45, 2.75) is 95.0 Å². The zero-order valence-electron chi connectivity index (χ0n) is 34.3. The molecule has 0 spiro atoms. The molecule has 0 N–H and O–H groups in total. The average molecular weight is 806 g/mol. The monoisotopic (exact) mass is 805 g/mol. The van der Waals surface area contributed by atoms with Crippen molar-refractivity contribution in [3.05, 3.63) is 124 Å². The van der Waals surface area contributed by atoms with Crippen molar-refractivity contribution in [1.82, 2.24) is 0 Å². The third-order valence-electron chi connectivity index (χ3n) is 12.3. The van der Waals surface area contributed by atoms with Gasteiger partial charge in [-0.05, 0) is 108 Å². The number of nitrogens with zero attached hydrogens (tertiary/aromatic N) is 1. The van der Waals surface area contributed by atoms with Gasteiger partial charge in [0.2, 0.25) is 0 Å². The number of Topliss-reactive ketones (excluding diaryl/α,β-unsaturated/α-hetero) is 4. The number of fused-ring (bicyclic) bond motifs is 3. The second-order valence-corrected chi connectivity index (χ2v) is 17.2. The van der Waals surface area contributed by atoms with E-state index in [0.717, 1.165) is 28.2 Å². The third kappa shape index (κ3) is 9.35. The molecule has 4 aliphatic heterocycles. The molecule has 9 rings (SSSR count). The number of benzene rings is 4. The Morgan fingerprint density at radius 1 is 0.517 bits per heavy atom. The first-order chi connectivity index (χ1) is 29.1. The van der Waals surface area contributed by atoms with E-state index in [0.29, 0.717) is 52.1 Å². The summed E-state index contributed by atoms with van der Waals surface area (Å²) >= 11 is 0. The molecule has 4 aromatic carbocycles. The summed E-state index contributed by atoms with van der Waals surface area (Å²) in [6.45, 7) is 7.19. The number of ether oxygens (including phenoxy) is 4. The molecule has 0 amide bonds. The minimum absolute atomic E-state index is 0.103. The highest BCUT2D eigenvalue weighted by molar-refractivity contribution is 6.24. The van der Waals surface area contributed by atoms with Gasteiger partial charge in [-0.2, -0.15) is 0 Å². The van der Waals surface area contributed by atoms with Crippen molar-refractivity contribution >= 4 is 52.3 Å². The van der Waals surface area contributed by atoms with Gasteiger partial charge < -0.3 is 23.8 Å². The highest BCUT2D eigenvalue weighted by Crippen LogP contribution is 2.50. The van der Waals surface area contributed by atoms with Crippen LogP contribution in [0.2, 0.25) is 0 Å². The zero-order valence-corrected chi connectivity index (χ0v) is 34.3. The molecule has 0 aromatic heterocycles. The fourth-order valence-corrected chi connectivity index (χ4v) is 8.33. The van der Waals surface area contributed by atoms with Gasteiger partial charge in [-0.1, -0.05) is 68.4 Å². The summed E-state index contributed by atoms with van der Waals surface area (Å²) in [5.41, 5.74) is 9.47. The molecule has 4 saturated heterocycles. The molecule has 5 aliphatic rings. The van der Waals surface area contributed by atoms with Gasteiger partial charge in [0, 0.05) is 48.2 Å². The fourth-order valence-electron chi connectivity index (χ4n) is 8.33. The molecular formula is C51H51NO8. The van der Waals surface area contributed by atoms with Gasteiger partial charge in [0.05, 0.1) is 62.0 Å². The fraction of sp³-hybridized carbons (Fsp3) is 0.373. The Labute approximate surface area is 351 Å². The predicted molar refractivity (Wildman–Crippen MR) is 231 cm³/mol. The van der Waals surface area contributed by atoms with E-state index in [1.54, 1.807) is 12.2 Å². The van der Waals surface area contributed by atoms with Gasteiger partial charge in [0.25, 0.3) is 0 Å². The van der Waals surface area contributed by atoms with Crippen molar-refractivity contribution in [3.8, 4) is 11.1 Å². The maximum atomic E-state index is 13.4. The van der Waals surface area contributed by atoms with Crippen LogP contribution < -0.4 is 4.90 Å². The van der Waals surface area contributed by atoms with E-state index < -0.39 is 0 Å². The van der Waals surface area contributed by atoms with Gasteiger partial charge in [0.15, 0.2) is 23.1 Å². The topological polar surface area (TPSA) is 122 Å². The van der Waals surface area contributed by atoms with Gasteiger partial charge in [-0.25, -0.2) is 0 Å². The first-order valence-corrected chi connectivity index (χ1v) is 21.4. The summed E-state index contributed by atoms with van der Waals surface area (Å²) in [7, 11) is 0. The molecule has 1 aliphatic carbocycles. The number of hydrogen-bond donors (Lipinski definition) is 0. The Morgan fingerprint density at radius 3 is 1.28 bits per heavy atom. The molecule has 4 heterocycles. The number of anilines is 3. The molecule has 0 radical (unpaired) electrons. The van der Waals surface area contributed by atoms with E-state index in [2.05, 4.69) is 61.2 Å². The minimum Gasteiger partial charge on any atom is -0.373 e. The van der Waals surface area contributed by atoms with Crippen molar-refractivity contribution in [2.75, 3.05) is 31.3 Å². The van der Waals surface area contributed by atoms with Crippen LogP contribution in [0, 0.1) is 0 Å². The summed E-state index contributed by atoms with van der Waals surface area (Å²) < 4.78 is 21.3. The summed E-state index contributed by atoms with van der Waals surface area (Å²) in [4.78, 5) is 55.8. The highest BCUT2D eigenvalue weighted by atomic mass is 16.6. The maximum absolute atomic E-state index is 13.4. The molecule has 60 heavy (non-hydrogen) atoms. The van der Waals surface area contributed by atoms with E-state index in [-0.39, 0.29) is 89.8 Å². The predicted octanol–water partition coefficient (Wildman–Crippen LogP) is 9.22. The summed E-state index contributed by atoms with van der Waals surface area (Å²) in [6, 6.07) is 31.0. The highest BCUT2D eigenvalue weighted by Gasteiger charge is 2.36. The van der Waals surface area contributed by atoms with E-state index in [4.69, 9.17) is 18.9 Å². The molecule has 0 bridgehead atoms. The van der Waals surface area contributed by atoms with Gasteiger partial charge >= 0.3 is 0 Å². The van der Waals surface area contributed by atoms with Crippen LogP contribution >= 0.6 is 0 Å². The van der Waals surface area contributed by atoms with Crippen molar-refractivity contribution in [2.24, 2.45) is 0 Å². The SMILES string of the molecule is CC1(C)c2ccccc2-c2ccc(N(c3ccc(C=C(C(=O)CCC4CO4)C(=O)CCC4CO4)cc3)c3ccc(C=C(C(=O)CCC4CO4)C(=O)CCC4CO4)cc3)cc21. The van der Waals surface area contributed by atoms with Crippen LogP contribution in [-0.2, 0) is 43.5 Å². The average Bonchev–Trinajstić information content (AvgIpc) is 4.05. The second-order valence-electron chi connectivity index (χ2n) is 17.2. The Kier molecular flexibility index (Phi) is 11.3. The van der Waals surface area contributed by atoms with E-state index in [1.165, 1.54) is 22.3 Å². The van der Waals surface area contributed by atoms with Crippen molar-refractivity contribution in [1.29, 1.82) is 0 Å². The molecule has 9 nitrogen and oxygen atoms in total. The molecule has 4 atom stereocenters. The number of hydrogen-bond acceptors (Lipinski definition) is 9. The van der Waals surface area contributed by atoms with Crippen LogP contribution in [0.4, 0.5) is 17.1 Å². The van der Waals surface area contributed by atoms with Crippen LogP contribution in [-0.4, -0.2) is 74.0 Å². The normalized spacial score (nSPS) is 20.9. The van der Waals surface area contributed by atoms with Gasteiger partial charge in [0.1, 0.15) is 0 Å². The van der Waals surface area contributed by atoms with Crippen LogP contribution in [0.3, 0.4) is 0 Å². The molecule has 0 saturated carbocycles. The van der Waals surface area contributed by atoms with E-state index >= 15 is 0 Å². The van der Waals surface area contributed by atoms with E-state index in [1.807, 2.05) is 48.5 Å². The van der Waals surface area contributed by atoms with Gasteiger partial charge in [-0.15, -0.1) is 0 Å². The Balaban J connectivity index is 1.04. The van der Waals surface area contributed by atoms with Crippen LogP contribution in [0.5, 0.6) is 0 Å². The number of carbonyl (C=O) groups excluding carboxylic acids is 4. The lowest BCUT2D eigenvalue weighted by molar-refractivity contribution is -0.123. The first kappa shape index (κ1) is 40.1. The van der Waals surface area contributed by atoms with Gasteiger partial charge in [-0.3, -0.25) is 19.2 Å². The lowest BCUT2D eigenvalue weighted by Crippen LogP contribution is -2.16. The molecule has 4 unspecified atom stereocenters. The number of carbonyl (C=O) groups is 4. The zero-order chi connectivity index (χ0) is 41.4. The minimum atomic E-state index is -0.212. The second kappa shape index (κ2) is 17.0. The molecular weight excluding hydrogens is 755 g/mol. The Hall–Kier alpha value is -5.32. The van der Waals surface area contributed by atoms with Crippen LogP contribution in [0.1, 0.15) is 87.5 Å². The standard InChI is InChI=1S/C51H51NO8/c1-51(2)45-6-4-3-5-41(45)42-20-15-36(27-46(42)51)52(34-11-7-32(8-12-34)25-43(47(53)21-16-37-28-57-37)48(54)22-17-38-29-58-38)35-13-9-33(10-14-35)26-44(49(55)23-18-39-30-59-39)50(56)24-19-40-31-60-40/h3-15,20,25-27,37-40H,16-19,21-24,28-31H2,1-2H3. The number of epoxide rings is 4. The van der Waals surface area contributed by atoms with E-state index in [9.17, 15) is 19.2 Å². The van der Waals surface area contributed by atoms with Crippen LogP contribution in [0.15, 0.2) is 102 Å². The van der Waals surface area contributed by atoms with Crippen molar-refractivity contribution in [3.63, 3.8) is 0 Å². The molecule has 4 fully saturated rings.